The molecule has 106 valence electrons. The smallest absolute Gasteiger partial charge is 0.238 e. The number of aromatic amines is 1. The minimum Gasteiger partial charge on any atom is -0.361 e. The van der Waals surface area contributed by atoms with Crippen molar-refractivity contribution in [3.05, 3.63) is 36.0 Å². The van der Waals surface area contributed by atoms with Gasteiger partial charge in [0.05, 0.1) is 12.2 Å². The maximum Gasteiger partial charge on any atom is 0.238 e. The van der Waals surface area contributed by atoms with Crippen molar-refractivity contribution in [2.24, 2.45) is 5.41 Å². The van der Waals surface area contributed by atoms with E-state index in [1.807, 2.05) is 18.3 Å². The van der Waals surface area contributed by atoms with Crippen LogP contribution in [0.2, 0.25) is 0 Å². The number of H-pyrrole nitrogens is 1. The fraction of sp³-hybridized carbons (Fsp3) is 0.438. The first-order valence-corrected chi connectivity index (χ1v) is 7.06. The number of fused-ring (bicyclic) bond motifs is 1. The van der Waals surface area contributed by atoms with E-state index < -0.39 is 0 Å². The SMILES string of the molecule is CC(C)(C)C1NC(=O)C(Cc2c[nH]c3ccccc23)N1. The number of hydrogen-bond donors (Lipinski definition) is 3. The highest BCUT2D eigenvalue weighted by atomic mass is 16.2. The maximum absolute atomic E-state index is 12.1. The van der Waals surface area contributed by atoms with Crippen LogP contribution in [0.4, 0.5) is 0 Å². The van der Waals surface area contributed by atoms with Crippen molar-refractivity contribution >= 4 is 16.8 Å². The molecule has 1 aromatic heterocycles. The van der Waals surface area contributed by atoms with Crippen LogP contribution in [0, 0.1) is 5.41 Å². The lowest BCUT2D eigenvalue weighted by atomic mass is 9.93. The minimum absolute atomic E-state index is 0.0185. The lowest BCUT2D eigenvalue weighted by Gasteiger charge is -2.26. The predicted molar refractivity (Wildman–Crippen MR) is 80.3 cm³/mol. The summed E-state index contributed by atoms with van der Waals surface area (Å²) in [6.45, 7) is 6.37. The summed E-state index contributed by atoms with van der Waals surface area (Å²) in [4.78, 5) is 15.4. The maximum atomic E-state index is 12.1. The average Bonchev–Trinajstić information content (AvgIpc) is 2.95. The fourth-order valence-corrected chi connectivity index (χ4v) is 2.70. The molecule has 2 heterocycles. The van der Waals surface area contributed by atoms with Crippen LogP contribution in [0.15, 0.2) is 30.5 Å². The van der Waals surface area contributed by atoms with Crippen molar-refractivity contribution in [1.82, 2.24) is 15.6 Å². The second-order valence-corrected chi connectivity index (χ2v) is 6.59. The molecule has 1 saturated heterocycles. The summed E-state index contributed by atoms with van der Waals surface area (Å²) in [6.07, 6.45) is 2.75. The van der Waals surface area contributed by atoms with Gasteiger partial charge >= 0.3 is 0 Å². The largest absolute Gasteiger partial charge is 0.361 e. The van der Waals surface area contributed by atoms with Crippen molar-refractivity contribution in [1.29, 1.82) is 0 Å². The van der Waals surface area contributed by atoms with E-state index in [0.29, 0.717) is 6.42 Å². The molecule has 1 fully saturated rings. The first-order chi connectivity index (χ1) is 9.45. The van der Waals surface area contributed by atoms with Crippen LogP contribution >= 0.6 is 0 Å². The van der Waals surface area contributed by atoms with E-state index >= 15 is 0 Å². The summed E-state index contributed by atoms with van der Waals surface area (Å²) in [5, 5.41) is 7.65. The third-order valence-corrected chi connectivity index (χ3v) is 3.94. The zero-order valence-corrected chi connectivity index (χ0v) is 12.2. The van der Waals surface area contributed by atoms with Crippen LogP contribution < -0.4 is 10.6 Å². The monoisotopic (exact) mass is 271 g/mol. The zero-order valence-electron chi connectivity index (χ0n) is 12.2. The van der Waals surface area contributed by atoms with Crippen LogP contribution in [-0.2, 0) is 11.2 Å². The molecule has 1 aliphatic heterocycles. The second kappa shape index (κ2) is 4.63. The van der Waals surface area contributed by atoms with Gasteiger partial charge in [0.25, 0.3) is 0 Å². The quantitative estimate of drug-likeness (QED) is 0.784. The van der Waals surface area contributed by atoms with E-state index in [2.05, 4.69) is 48.5 Å². The topological polar surface area (TPSA) is 56.9 Å². The first-order valence-electron chi connectivity index (χ1n) is 7.06. The van der Waals surface area contributed by atoms with E-state index in [4.69, 9.17) is 0 Å². The normalized spacial score (nSPS) is 23.2. The van der Waals surface area contributed by atoms with Gasteiger partial charge in [0.15, 0.2) is 0 Å². The number of carbonyl (C=O) groups is 1. The highest BCUT2D eigenvalue weighted by molar-refractivity contribution is 5.87. The summed E-state index contributed by atoms with van der Waals surface area (Å²) in [5.74, 6) is 0.0928. The molecule has 2 aromatic rings. The van der Waals surface area contributed by atoms with Crippen molar-refractivity contribution in [3.63, 3.8) is 0 Å². The molecular weight excluding hydrogens is 250 g/mol. The van der Waals surface area contributed by atoms with Gasteiger partial charge in [-0.3, -0.25) is 10.1 Å². The summed E-state index contributed by atoms with van der Waals surface area (Å²) in [5.41, 5.74) is 2.32. The number of carbonyl (C=O) groups excluding carboxylic acids is 1. The Morgan fingerprint density at radius 2 is 1.95 bits per heavy atom. The van der Waals surface area contributed by atoms with Gasteiger partial charge in [-0.2, -0.15) is 0 Å². The van der Waals surface area contributed by atoms with Crippen molar-refractivity contribution < 1.29 is 4.79 Å². The molecule has 4 heteroatoms. The summed E-state index contributed by atoms with van der Waals surface area (Å²) in [6, 6.07) is 8.03. The second-order valence-electron chi connectivity index (χ2n) is 6.59. The summed E-state index contributed by atoms with van der Waals surface area (Å²) >= 11 is 0. The molecule has 1 aromatic carbocycles. The van der Waals surface area contributed by atoms with Gasteiger partial charge in [-0.1, -0.05) is 39.0 Å². The third-order valence-electron chi connectivity index (χ3n) is 3.94. The third kappa shape index (κ3) is 2.31. The molecule has 2 unspecified atom stereocenters. The molecule has 0 aliphatic carbocycles. The van der Waals surface area contributed by atoms with Gasteiger partial charge < -0.3 is 10.3 Å². The highest BCUT2D eigenvalue weighted by Gasteiger charge is 2.37. The van der Waals surface area contributed by atoms with Gasteiger partial charge in [0.1, 0.15) is 0 Å². The lowest BCUT2D eigenvalue weighted by Crippen LogP contribution is -2.44. The molecule has 3 N–H and O–H groups in total. The van der Waals surface area contributed by atoms with E-state index in [-0.39, 0.29) is 23.5 Å². The molecule has 4 nitrogen and oxygen atoms in total. The standard InChI is InChI=1S/C16H21N3O/c1-16(2,3)15-18-13(14(20)19-15)8-10-9-17-12-7-5-4-6-11(10)12/h4-7,9,13,15,17-18H,8H2,1-3H3,(H,19,20). The Morgan fingerprint density at radius 1 is 1.20 bits per heavy atom. The Labute approximate surface area is 118 Å². The highest BCUT2D eigenvalue weighted by Crippen LogP contribution is 2.24. The van der Waals surface area contributed by atoms with E-state index in [9.17, 15) is 4.79 Å². The van der Waals surface area contributed by atoms with Crippen LogP contribution in [0.1, 0.15) is 26.3 Å². The number of aromatic nitrogens is 1. The lowest BCUT2D eigenvalue weighted by molar-refractivity contribution is -0.120. The summed E-state index contributed by atoms with van der Waals surface area (Å²) in [7, 11) is 0. The van der Waals surface area contributed by atoms with E-state index in [1.54, 1.807) is 0 Å². The Bertz CT molecular complexity index is 638. The number of benzene rings is 1. The van der Waals surface area contributed by atoms with Gasteiger partial charge in [-0.05, 0) is 23.5 Å². The molecule has 20 heavy (non-hydrogen) atoms. The molecule has 0 bridgehead atoms. The molecule has 1 aliphatic rings. The Hall–Kier alpha value is -1.81. The number of hydrogen-bond acceptors (Lipinski definition) is 2. The zero-order chi connectivity index (χ0) is 14.3. The van der Waals surface area contributed by atoms with Crippen molar-refractivity contribution in [2.45, 2.75) is 39.4 Å². The molecular formula is C16H21N3O. The number of nitrogens with one attached hydrogen (secondary N) is 3. The first kappa shape index (κ1) is 13.2. The van der Waals surface area contributed by atoms with Gasteiger partial charge in [-0.15, -0.1) is 0 Å². The Kier molecular flexibility index (Phi) is 3.05. The van der Waals surface area contributed by atoms with E-state index in [0.717, 1.165) is 5.52 Å². The Balaban J connectivity index is 1.80. The van der Waals surface area contributed by atoms with Crippen LogP contribution in [0.5, 0.6) is 0 Å². The van der Waals surface area contributed by atoms with Gasteiger partial charge in [0, 0.05) is 17.1 Å². The van der Waals surface area contributed by atoms with E-state index in [1.165, 1.54) is 10.9 Å². The predicted octanol–water partition coefficient (Wildman–Crippen LogP) is 2.17. The minimum atomic E-state index is -0.154. The Morgan fingerprint density at radius 3 is 2.65 bits per heavy atom. The van der Waals surface area contributed by atoms with Crippen LogP contribution in [0.3, 0.4) is 0 Å². The number of rotatable bonds is 2. The molecule has 3 rings (SSSR count). The molecule has 0 radical (unpaired) electrons. The molecule has 0 spiro atoms. The van der Waals surface area contributed by atoms with Crippen LogP contribution in [-0.4, -0.2) is 23.1 Å². The number of para-hydroxylation sites is 1. The molecule has 0 saturated carbocycles. The van der Waals surface area contributed by atoms with Crippen LogP contribution in [0.25, 0.3) is 10.9 Å². The summed E-state index contributed by atoms with van der Waals surface area (Å²) < 4.78 is 0. The van der Waals surface area contributed by atoms with Crippen molar-refractivity contribution in [2.75, 3.05) is 0 Å². The fourth-order valence-electron chi connectivity index (χ4n) is 2.70. The van der Waals surface area contributed by atoms with Gasteiger partial charge in [0.2, 0.25) is 5.91 Å². The molecule has 1 amide bonds. The van der Waals surface area contributed by atoms with Crippen molar-refractivity contribution in [3.8, 4) is 0 Å². The van der Waals surface area contributed by atoms with Gasteiger partial charge in [-0.25, -0.2) is 0 Å². The number of amides is 1. The molecule has 2 atom stereocenters. The average molecular weight is 271 g/mol.